The van der Waals surface area contributed by atoms with Gasteiger partial charge in [0.05, 0.1) is 22.5 Å². The van der Waals surface area contributed by atoms with Gasteiger partial charge in [0.2, 0.25) is 16.0 Å². The first-order valence-electron chi connectivity index (χ1n) is 7.67. The second kappa shape index (κ2) is 7.36. The minimum atomic E-state index is -3.24. The molecule has 136 valence electrons. The highest BCUT2D eigenvalue weighted by molar-refractivity contribution is 7.88. The molecule has 1 aromatic carbocycles. The van der Waals surface area contributed by atoms with E-state index in [9.17, 15) is 8.42 Å². The molecular formula is C16H18N6O2S2. The molecule has 0 spiro atoms. The predicted molar refractivity (Wildman–Crippen MR) is 104 cm³/mol. The number of nitrogens with one attached hydrogen (secondary N) is 2. The Bertz CT molecular complexity index is 1030. The van der Waals surface area contributed by atoms with E-state index in [2.05, 4.69) is 25.0 Å². The first-order chi connectivity index (χ1) is 12.3. The Labute approximate surface area is 155 Å². The molecule has 0 saturated carbocycles. The number of nitrogens with zero attached hydrogens (tertiary/aromatic N) is 3. The normalized spacial score (nSPS) is 11.5. The van der Waals surface area contributed by atoms with Crippen LogP contribution in [0.4, 0.5) is 16.8 Å². The molecule has 0 radical (unpaired) electrons. The highest BCUT2D eigenvalue weighted by Crippen LogP contribution is 2.30. The molecule has 0 saturated heterocycles. The lowest BCUT2D eigenvalue weighted by molar-refractivity contribution is 0.587. The summed E-state index contributed by atoms with van der Waals surface area (Å²) in [5.41, 5.74) is 8.90. The second-order valence-electron chi connectivity index (χ2n) is 5.65. The second-order valence-corrected chi connectivity index (χ2v) is 8.51. The minimum Gasteiger partial charge on any atom is -0.375 e. The summed E-state index contributed by atoms with van der Waals surface area (Å²) in [5.74, 6) is 0.432. The van der Waals surface area contributed by atoms with Crippen LogP contribution >= 0.6 is 11.3 Å². The largest absolute Gasteiger partial charge is 0.375 e. The van der Waals surface area contributed by atoms with Gasteiger partial charge in [-0.1, -0.05) is 23.5 Å². The van der Waals surface area contributed by atoms with Crippen molar-refractivity contribution in [1.82, 2.24) is 19.7 Å². The van der Waals surface area contributed by atoms with Crippen LogP contribution in [0.1, 0.15) is 11.3 Å². The third-order valence-electron chi connectivity index (χ3n) is 3.42. The highest BCUT2D eigenvalue weighted by Gasteiger charge is 2.10. The van der Waals surface area contributed by atoms with Gasteiger partial charge < -0.3 is 11.1 Å². The molecule has 8 nitrogen and oxygen atoms in total. The van der Waals surface area contributed by atoms with Crippen molar-refractivity contribution in [3.8, 4) is 10.6 Å². The van der Waals surface area contributed by atoms with E-state index in [1.54, 1.807) is 12.3 Å². The van der Waals surface area contributed by atoms with Crippen LogP contribution in [0.3, 0.4) is 0 Å². The Kier molecular flexibility index (Phi) is 5.16. The first-order valence-corrected chi connectivity index (χ1v) is 10.4. The third kappa shape index (κ3) is 4.75. The highest BCUT2D eigenvalue weighted by atomic mass is 32.2. The molecule has 4 N–H and O–H groups in total. The maximum Gasteiger partial charge on any atom is 0.227 e. The summed E-state index contributed by atoms with van der Waals surface area (Å²) in [6, 6.07) is 9.17. The van der Waals surface area contributed by atoms with E-state index in [4.69, 9.17) is 5.73 Å². The van der Waals surface area contributed by atoms with Crippen LogP contribution < -0.4 is 15.8 Å². The first kappa shape index (κ1) is 18.2. The Hall–Kier alpha value is -2.56. The number of benzene rings is 1. The fraction of sp³-hybridized carbons (Fsp3) is 0.188. The molecule has 0 atom stereocenters. The maximum absolute atomic E-state index is 11.2. The summed E-state index contributed by atoms with van der Waals surface area (Å²) >= 11 is 1.38. The van der Waals surface area contributed by atoms with Gasteiger partial charge in [-0.15, -0.1) is 0 Å². The van der Waals surface area contributed by atoms with Crippen LogP contribution in [0.15, 0.2) is 36.5 Å². The van der Waals surface area contributed by atoms with E-state index in [1.807, 2.05) is 31.2 Å². The summed E-state index contributed by atoms with van der Waals surface area (Å²) in [7, 11) is -3.24. The molecule has 3 aromatic rings. The van der Waals surface area contributed by atoms with E-state index in [0.717, 1.165) is 33.8 Å². The van der Waals surface area contributed by atoms with Crippen LogP contribution in [0.2, 0.25) is 0 Å². The zero-order chi connectivity index (χ0) is 18.7. The lowest BCUT2D eigenvalue weighted by Crippen LogP contribution is -2.21. The van der Waals surface area contributed by atoms with Crippen LogP contribution in [0, 0.1) is 6.92 Å². The molecule has 0 unspecified atom stereocenters. The van der Waals surface area contributed by atoms with E-state index < -0.39 is 10.0 Å². The zero-order valence-corrected chi connectivity index (χ0v) is 15.9. The number of nitrogens with two attached hydrogens (primary N) is 1. The lowest BCUT2D eigenvalue weighted by Gasteiger charge is -2.08. The van der Waals surface area contributed by atoms with Crippen molar-refractivity contribution < 1.29 is 8.42 Å². The minimum absolute atomic E-state index is 0.217. The quantitative estimate of drug-likeness (QED) is 0.590. The lowest BCUT2D eigenvalue weighted by atomic mass is 10.2. The van der Waals surface area contributed by atoms with Gasteiger partial charge in [0.15, 0.2) is 5.13 Å². The van der Waals surface area contributed by atoms with Gasteiger partial charge in [0.1, 0.15) is 0 Å². The summed E-state index contributed by atoms with van der Waals surface area (Å²) in [6.07, 6.45) is 2.79. The van der Waals surface area contributed by atoms with Crippen molar-refractivity contribution in [1.29, 1.82) is 0 Å². The summed E-state index contributed by atoms with van der Waals surface area (Å²) in [6.45, 7) is 2.10. The predicted octanol–water partition coefficient (Wildman–Crippen LogP) is 2.28. The van der Waals surface area contributed by atoms with Gasteiger partial charge in [-0.25, -0.2) is 28.1 Å². The molecule has 3 rings (SSSR count). The van der Waals surface area contributed by atoms with Crippen molar-refractivity contribution in [2.75, 3.05) is 17.3 Å². The van der Waals surface area contributed by atoms with Gasteiger partial charge in [-0.05, 0) is 30.7 Å². The summed E-state index contributed by atoms with van der Waals surface area (Å²) < 4.78 is 24.9. The topological polar surface area (TPSA) is 123 Å². The van der Waals surface area contributed by atoms with Crippen molar-refractivity contribution in [3.05, 3.63) is 47.8 Å². The number of sulfonamides is 1. The van der Waals surface area contributed by atoms with E-state index in [1.165, 1.54) is 11.3 Å². The number of thiazole rings is 1. The molecule has 0 aliphatic rings. The number of hydrogen-bond donors (Lipinski definition) is 3. The van der Waals surface area contributed by atoms with Crippen molar-refractivity contribution in [3.63, 3.8) is 0 Å². The van der Waals surface area contributed by atoms with Gasteiger partial charge in [-0.2, -0.15) is 0 Å². The maximum atomic E-state index is 11.2. The van der Waals surface area contributed by atoms with Crippen LogP contribution in [0.25, 0.3) is 10.6 Å². The van der Waals surface area contributed by atoms with Crippen LogP contribution in [0.5, 0.6) is 0 Å². The van der Waals surface area contributed by atoms with Gasteiger partial charge in [0.25, 0.3) is 0 Å². The van der Waals surface area contributed by atoms with E-state index >= 15 is 0 Å². The monoisotopic (exact) mass is 390 g/mol. The van der Waals surface area contributed by atoms with E-state index in [-0.39, 0.29) is 6.54 Å². The molecule has 0 aliphatic carbocycles. The Balaban J connectivity index is 1.79. The van der Waals surface area contributed by atoms with Crippen LogP contribution in [-0.2, 0) is 16.6 Å². The molecule has 0 aliphatic heterocycles. The smallest absolute Gasteiger partial charge is 0.227 e. The van der Waals surface area contributed by atoms with Crippen molar-refractivity contribution >= 4 is 38.1 Å². The Morgan fingerprint density at radius 2 is 2.04 bits per heavy atom. The summed E-state index contributed by atoms with van der Waals surface area (Å²) in [4.78, 5) is 13.9. The number of aromatic nitrogens is 3. The number of nitrogen functional groups attached to an aromatic ring is 1. The summed E-state index contributed by atoms with van der Waals surface area (Å²) in [5, 5.41) is 3.63. The fourth-order valence-corrected chi connectivity index (χ4v) is 3.54. The molecule has 0 amide bonds. The zero-order valence-electron chi connectivity index (χ0n) is 14.2. The van der Waals surface area contributed by atoms with Crippen LogP contribution in [-0.4, -0.2) is 29.6 Å². The fourth-order valence-electron chi connectivity index (χ4n) is 2.30. The number of aryl methyl sites for hydroxylation is 1. The van der Waals surface area contributed by atoms with E-state index in [0.29, 0.717) is 11.1 Å². The number of anilines is 3. The Morgan fingerprint density at radius 3 is 2.73 bits per heavy atom. The van der Waals surface area contributed by atoms with Gasteiger partial charge in [0, 0.05) is 18.4 Å². The SMILES string of the molecule is Cc1nc(N)sc1-c1ccnc(Nc2cccc(CNS(C)(=O)=O)c2)n1. The number of hydrogen-bond acceptors (Lipinski definition) is 8. The molecule has 0 bridgehead atoms. The van der Waals surface area contributed by atoms with Crippen molar-refractivity contribution in [2.24, 2.45) is 0 Å². The van der Waals surface area contributed by atoms with Gasteiger partial charge >= 0.3 is 0 Å². The van der Waals surface area contributed by atoms with Gasteiger partial charge in [-0.3, -0.25) is 0 Å². The number of rotatable bonds is 6. The Morgan fingerprint density at radius 1 is 1.23 bits per heavy atom. The molecular weight excluding hydrogens is 372 g/mol. The average molecular weight is 390 g/mol. The molecule has 26 heavy (non-hydrogen) atoms. The average Bonchev–Trinajstić information content (AvgIpc) is 2.91. The molecule has 2 heterocycles. The molecule has 10 heteroatoms. The third-order valence-corrected chi connectivity index (χ3v) is 5.10. The molecule has 2 aromatic heterocycles. The molecule has 0 fully saturated rings. The van der Waals surface area contributed by atoms with Crippen molar-refractivity contribution in [2.45, 2.75) is 13.5 Å². The standard InChI is InChI=1S/C16H18N6O2S2/c1-10-14(25-15(17)20-10)13-6-7-18-16(22-13)21-12-5-3-4-11(8-12)9-19-26(2,23)24/h3-8,19H,9H2,1-2H3,(H2,17,20)(H,18,21,22).